The van der Waals surface area contributed by atoms with E-state index in [0.29, 0.717) is 0 Å². The maximum Gasteiger partial charge on any atom is 0.0713 e. The van der Waals surface area contributed by atoms with Gasteiger partial charge in [0.1, 0.15) is 0 Å². The average Bonchev–Trinajstić information content (AvgIpc) is 3.69. The molecule has 0 saturated carbocycles. The maximum atomic E-state index is 2.55. The molecule has 11 aromatic rings. The SMILES string of the molecule is CC(C)(C)c1ccc(-c2ccc(N(c3ccc4c(c3)-c3ccccc3C4(c3ccccc3)c3ccccc3)c3ccc4ccccc4c3-c3cccc4ccccc34)c(-c3ccccc3)c2)cc1. The standard InChI is InChI=1S/C67H51N/c1-66(2,3)51-38-34-46(35-39-51)50-37-42-63(59(44-50)48-20-7-4-8-21-48)68(64-43-36-49-23-14-16-30-56(49)65(64)58-32-19-24-47-22-13-15-29-55(47)58)54-40-41-62-60(45-54)57-31-17-18-33-61(57)67(62,52-25-9-5-10-26-52)53-27-11-6-12-28-53/h4-45H,1-3H3. The number of rotatable bonds is 8. The number of anilines is 3. The summed E-state index contributed by atoms with van der Waals surface area (Å²) in [4.78, 5) is 2.55. The summed E-state index contributed by atoms with van der Waals surface area (Å²) in [7, 11) is 0. The lowest BCUT2D eigenvalue weighted by atomic mass is 9.68. The minimum absolute atomic E-state index is 0.0674. The molecule has 12 rings (SSSR count). The summed E-state index contributed by atoms with van der Waals surface area (Å²) in [5.74, 6) is 0. The van der Waals surface area contributed by atoms with E-state index in [-0.39, 0.29) is 5.41 Å². The third kappa shape index (κ3) is 6.77. The minimum Gasteiger partial charge on any atom is -0.309 e. The first kappa shape index (κ1) is 41.2. The van der Waals surface area contributed by atoms with E-state index >= 15 is 0 Å². The van der Waals surface area contributed by atoms with Gasteiger partial charge in [-0.2, -0.15) is 0 Å². The Bertz CT molecular complexity index is 3590. The molecule has 0 saturated heterocycles. The van der Waals surface area contributed by atoms with Crippen molar-refractivity contribution >= 4 is 38.6 Å². The fraction of sp³-hybridized carbons (Fsp3) is 0.0746. The highest BCUT2D eigenvalue weighted by Gasteiger charge is 2.46. The van der Waals surface area contributed by atoms with E-state index in [1.165, 1.54) is 82.7 Å². The van der Waals surface area contributed by atoms with Crippen molar-refractivity contribution in [3.05, 3.63) is 283 Å². The van der Waals surface area contributed by atoms with Crippen LogP contribution in [0.2, 0.25) is 0 Å². The first-order valence-corrected chi connectivity index (χ1v) is 23.8. The molecule has 1 nitrogen and oxygen atoms in total. The summed E-state index contributed by atoms with van der Waals surface area (Å²) >= 11 is 0. The second kappa shape index (κ2) is 16.6. The molecule has 0 fully saturated rings. The lowest BCUT2D eigenvalue weighted by Gasteiger charge is -2.34. The molecular weight excluding hydrogens is 819 g/mol. The maximum absolute atomic E-state index is 2.55. The van der Waals surface area contributed by atoms with Gasteiger partial charge in [-0.1, -0.05) is 245 Å². The number of hydrogen-bond acceptors (Lipinski definition) is 1. The van der Waals surface area contributed by atoms with Crippen LogP contribution < -0.4 is 4.90 Å². The first-order valence-electron chi connectivity index (χ1n) is 23.8. The molecule has 0 atom stereocenters. The van der Waals surface area contributed by atoms with Gasteiger partial charge in [-0.25, -0.2) is 0 Å². The molecule has 324 valence electrons. The van der Waals surface area contributed by atoms with E-state index in [0.717, 1.165) is 28.2 Å². The fourth-order valence-electron chi connectivity index (χ4n) is 11.1. The molecule has 0 aromatic heterocycles. The van der Waals surface area contributed by atoms with Crippen molar-refractivity contribution < 1.29 is 0 Å². The van der Waals surface area contributed by atoms with Crippen molar-refractivity contribution in [2.24, 2.45) is 0 Å². The smallest absolute Gasteiger partial charge is 0.0713 e. The van der Waals surface area contributed by atoms with E-state index in [2.05, 4.69) is 280 Å². The summed E-state index contributed by atoms with van der Waals surface area (Å²) in [6.07, 6.45) is 0. The quantitative estimate of drug-likeness (QED) is 0.147. The largest absolute Gasteiger partial charge is 0.309 e. The van der Waals surface area contributed by atoms with Crippen LogP contribution in [-0.2, 0) is 10.8 Å². The normalized spacial score (nSPS) is 12.8. The Labute approximate surface area is 400 Å². The second-order valence-corrected chi connectivity index (χ2v) is 19.2. The van der Waals surface area contributed by atoms with Gasteiger partial charge in [-0.15, -0.1) is 0 Å². The molecule has 1 heteroatoms. The van der Waals surface area contributed by atoms with Crippen LogP contribution in [0.3, 0.4) is 0 Å². The molecule has 68 heavy (non-hydrogen) atoms. The van der Waals surface area contributed by atoms with Crippen molar-refractivity contribution in [3.63, 3.8) is 0 Å². The molecule has 0 radical (unpaired) electrons. The zero-order chi connectivity index (χ0) is 45.8. The molecular formula is C67H51N. The molecule has 0 amide bonds. The first-order chi connectivity index (χ1) is 33.4. The fourth-order valence-corrected chi connectivity index (χ4v) is 11.1. The molecule has 0 heterocycles. The van der Waals surface area contributed by atoms with Gasteiger partial charge in [0, 0.05) is 16.8 Å². The van der Waals surface area contributed by atoms with Gasteiger partial charge in [0.2, 0.25) is 0 Å². The van der Waals surface area contributed by atoms with Gasteiger partial charge in [0.25, 0.3) is 0 Å². The summed E-state index contributed by atoms with van der Waals surface area (Å²) in [6.45, 7) is 6.83. The van der Waals surface area contributed by atoms with Crippen LogP contribution in [0, 0.1) is 0 Å². The summed E-state index contributed by atoms with van der Waals surface area (Å²) in [5.41, 5.74) is 18.9. The Balaban J connectivity index is 1.17. The Hall–Kier alpha value is -8.26. The lowest BCUT2D eigenvalue weighted by molar-refractivity contribution is 0.590. The summed E-state index contributed by atoms with van der Waals surface area (Å²) in [5, 5.41) is 4.86. The van der Waals surface area contributed by atoms with Crippen LogP contribution in [0.4, 0.5) is 17.1 Å². The van der Waals surface area contributed by atoms with Crippen LogP contribution in [0.5, 0.6) is 0 Å². The Kier molecular flexibility index (Phi) is 10.0. The number of fused-ring (bicyclic) bond motifs is 5. The third-order valence-electron chi connectivity index (χ3n) is 14.3. The van der Waals surface area contributed by atoms with E-state index in [1.807, 2.05) is 0 Å². The van der Waals surface area contributed by atoms with E-state index in [1.54, 1.807) is 0 Å². The van der Waals surface area contributed by atoms with E-state index < -0.39 is 5.41 Å². The summed E-state index contributed by atoms with van der Waals surface area (Å²) in [6, 6.07) is 94.7. The van der Waals surface area contributed by atoms with Crippen LogP contribution in [0.1, 0.15) is 48.6 Å². The number of benzene rings is 11. The van der Waals surface area contributed by atoms with Gasteiger partial charge >= 0.3 is 0 Å². The van der Waals surface area contributed by atoms with Gasteiger partial charge in [-0.05, 0) is 118 Å². The molecule has 0 N–H and O–H groups in total. The van der Waals surface area contributed by atoms with Gasteiger partial charge in [0.05, 0.1) is 16.8 Å². The van der Waals surface area contributed by atoms with Crippen LogP contribution in [-0.4, -0.2) is 0 Å². The molecule has 11 aromatic carbocycles. The minimum atomic E-state index is -0.506. The Morgan fingerprint density at radius 2 is 0.882 bits per heavy atom. The average molecular weight is 870 g/mol. The highest BCUT2D eigenvalue weighted by Crippen LogP contribution is 2.58. The van der Waals surface area contributed by atoms with Crippen molar-refractivity contribution in [3.8, 4) is 44.5 Å². The van der Waals surface area contributed by atoms with E-state index in [9.17, 15) is 0 Å². The highest BCUT2D eigenvalue weighted by atomic mass is 15.1. The number of nitrogens with zero attached hydrogens (tertiary/aromatic N) is 1. The molecule has 0 spiro atoms. The Morgan fingerprint density at radius 1 is 0.338 bits per heavy atom. The van der Waals surface area contributed by atoms with Crippen molar-refractivity contribution in [2.75, 3.05) is 4.90 Å². The lowest BCUT2D eigenvalue weighted by Crippen LogP contribution is -2.28. The van der Waals surface area contributed by atoms with Crippen LogP contribution in [0.15, 0.2) is 255 Å². The Morgan fingerprint density at radius 3 is 1.59 bits per heavy atom. The molecule has 0 aliphatic heterocycles. The molecule has 0 bridgehead atoms. The van der Waals surface area contributed by atoms with Crippen molar-refractivity contribution in [2.45, 2.75) is 31.6 Å². The van der Waals surface area contributed by atoms with E-state index in [4.69, 9.17) is 0 Å². The predicted octanol–water partition coefficient (Wildman–Crippen LogP) is 18.1. The van der Waals surface area contributed by atoms with Gasteiger partial charge < -0.3 is 4.90 Å². The van der Waals surface area contributed by atoms with Crippen molar-refractivity contribution in [1.29, 1.82) is 0 Å². The van der Waals surface area contributed by atoms with Gasteiger partial charge in [0.15, 0.2) is 0 Å². The molecule has 1 aliphatic rings. The zero-order valence-electron chi connectivity index (χ0n) is 38.7. The van der Waals surface area contributed by atoms with Crippen LogP contribution >= 0.6 is 0 Å². The topological polar surface area (TPSA) is 3.24 Å². The summed E-state index contributed by atoms with van der Waals surface area (Å²) < 4.78 is 0. The van der Waals surface area contributed by atoms with Crippen molar-refractivity contribution in [1.82, 2.24) is 0 Å². The number of hydrogen-bond donors (Lipinski definition) is 0. The highest BCUT2D eigenvalue weighted by molar-refractivity contribution is 6.12. The monoisotopic (exact) mass is 869 g/mol. The zero-order valence-corrected chi connectivity index (χ0v) is 38.7. The van der Waals surface area contributed by atoms with Gasteiger partial charge in [-0.3, -0.25) is 0 Å². The van der Waals surface area contributed by atoms with Crippen LogP contribution in [0.25, 0.3) is 66.1 Å². The second-order valence-electron chi connectivity index (χ2n) is 19.2. The predicted molar refractivity (Wildman–Crippen MR) is 288 cm³/mol. The molecule has 1 aliphatic carbocycles. The molecule has 0 unspecified atom stereocenters. The third-order valence-corrected chi connectivity index (χ3v) is 14.3.